The normalized spacial score (nSPS) is 10.5. The van der Waals surface area contributed by atoms with Crippen molar-refractivity contribution in [1.29, 1.82) is 0 Å². The summed E-state index contributed by atoms with van der Waals surface area (Å²) in [7, 11) is 0. The van der Waals surface area contributed by atoms with E-state index < -0.39 is 5.97 Å². The molecule has 0 radical (unpaired) electrons. The molecule has 2 aromatic heterocycles. The van der Waals surface area contributed by atoms with Gasteiger partial charge >= 0.3 is 5.97 Å². The molecule has 1 N–H and O–H groups in total. The number of aryl methyl sites for hydroxylation is 1. The molecule has 0 unspecified atom stereocenters. The molecule has 5 nitrogen and oxygen atoms in total. The highest BCUT2D eigenvalue weighted by Crippen LogP contribution is 2.09. The summed E-state index contributed by atoms with van der Waals surface area (Å²) in [6.07, 6.45) is 2.97. The quantitative estimate of drug-likeness (QED) is 0.697. The number of carboxylic acid groups (broad SMARTS) is 1. The second-order valence-electron chi connectivity index (χ2n) is 2.78. The third kappa shape index (κ3) is 1.14. The molecule has 13 heavy (non-hydrogen) atoms. The first-order chi connectivity index (χ1) is 6.18. The Balaban J connectivity index is 2.77. The van der Waals surface area contributed by atoms with Crippen molar-refractivity contribution in [3.63, 3.8) is 0 Å². The van der Waals surface area contributed by atoms with Crippen LogP contribution in [0, 0.1) is 6.92 Å². The maximum absolute atomic E-state index is 10.7. The molecule has 5 heteroatoms. The van der Waals surface area contributed by atoms with E-state index in [-0.39, 0.29) is 5.56 Å². The number of hydrogen-bond donors (Lipinski definition) is 1. The van der Waals surface area contributed by atoms with Crippen LogP contribution < -0.4 is 0 Å². The van der Waals surface area contributed by atoms with Crippen LogP contribution in [0.4, 0.5) is 0 Å². The highest BCUT2D eigenvalue weighted by molar-refractivity contribution is 5.88. The highest BCUT2D eigenvalue weighted by Gasteiger charge is 2.07. The van der Waals surface area contributed by atoms with E-state index in [1.165, 1.54) is 12.5 Å². The highest BCUT2D eigenvalue weighted by atomic mass is 16.4. The van der Waals surface area contributed by atoms with Gasteiger partial charge in [-0.25, -0.2) is 4.79 Å². The molecule has 0 aliphatic rings. The molecule has 66 valence electrons. The van der Waals surface area contributed by atoms with E-state index in [9.17, 15) is 4.79 Å². The van der Waals surface area contributed by atoms with Crippen molar-refractivity contribution in [1.82, 2.24) is 14.6 Å². The lowest BCUT2D eigenvalue weighted by Gasteiger charge is -1.99. The fourth-order valence-corrected chi connectivity index (χ4v) is 1.22. The fraction of sp³-hybridized carbons (Fsp3) is 0.125. The number of fused-ring (bicyclic) bond motifs is 1. The maximum atomic E-state index is 10.7. The van der Waals surface area contributed by atoms with Gasteiger partial charge in [-0.3, -0.25) is 4.40 Å². The lowest BCUT2D eigenvalue weighted by atomic mass is 10.2. The molecule has 0 aliphatic carbocycles. The lowest BCUT2D eigenvalue weighted by Crippen LogP contribution is -2.00. The van der Waals surface area contributed by atoms with Gasteiger partial charge in [0.1, 0.15) is 6.33 Å². The summed E-state index contributed by atoms with van der Waals surface area (Å²) in [5.74, 6) is -0.946. The topological polar surface area (TPSA) is 67.5 Å². The molecule has 2 rings (SSSR count). The Morgan fingerprint density at radius 3 is 3.08 bits per heavy atom. The van der Waals surface area contributed by atoms with Crippen molar-refractivity contribution in [3.05, 3.63) is 29.7 Å². The second kappa shape index (κ2) is 2.55. The molecule has 0 amide bonds. The van der Waals surface area contributed by atoms with Crippen LogP contribution in [0.15, 0.2) is 18.6 Å². The van der Waals surface area contributed by atoms with E-state index in [1.54, 1.807) is 17.4 Å². The van der Waals surface area contributed by atoms with Gasteiger partial charge < -0.3 is 5.11 Å². The Labute approximate surface area is 73.6 Å². The van der Waals surface area contributed by atoms with Gasteiger partial charge in [-0.2, -0.15) is 0 Å². The van der Waals surface area contributed by atoms with Crippen LogP contribution in [0.1, 0.15) is 15.9 Å². The van der Waals surface area contributed by atoms with Crippen molar-refractivity contribution in [2.75, 3.05) is 0 Å². The van der Waals surface area contributed by atoms with Gasteiger partial charge in [-0.1, -0.05) is 0 Å². The molecule has 0 aromatic carbocycles. The summed E-state index contributed by atoms with van der Waals surface area (Å²) in [6, 6.07) is 1.58. The largest absolute Gasteiger partial charge is 0.478 e. The second-order valence-corrected chi connectivity index (χ2v) is 2.78. The molecule has 0 fully saturated rings. The fourth-order valence-electron chi connectivity index (χ4n) is 1.22. The number of pyridine rings is 1. The Morgan fingerprint density at radius 2 is 2.38 bits per heavy atom. The third-order valence-electron chi connectivity index (χ3n) is 1.82. The first-order valence-corrected chi connectivity index (χ1v) is 3.72. The summed E-state index contributed by atoms with van der Waals surface area (Å²) in [5, 5.41) is 16.3. The number of carbonyl (C=O) groups is 1. The Hall–Kier alpha value is -1.91. The average molecular weight is 177 g/mol. The van der Waals surface area contributed by atoms with E-state index in [4.69, 9.17) is 5.11 Å². The number of carboxylic acids is 1. The molecule has 0 spiro atoms. The van der Waals surface area contributed by atoms with Crippen LogP contribution in [0.5, 0.6) is 0 Å². The number of aromatic carboxylic acids is 1. The Bertz CT molecular complexity index is 475. The minimum atomic E-state index is -0.946. The van der Waals surface area contributed by atoms with E-state index in [0.29, 0.717) is 5.65 Å². The van der Waals surface area contributed by atoms with Gasteiger partial charge in [0.2, 0.25) is 0 Å². The van der Waals surface area contributed by atoms with Crippen molar-refractivity contribution in [2.45, 2.75) is 6.92 Å². The first-order valence-electron chi connectivity index (χ1n) is 3.72. The molecule has 2 heterocycles. The van der Waals surface area contributed by atoms with Gasteiger partial charge in [0, 0.05) is 6.20 Å². The van der Waals surface area contributed by atoms with E-state index in [1.807, 2.05) is 0 Å². The van der Waals surface area contributed by atoms with Crippen LogP contribution in [-0.2, 0) is 0 Å². The summed E-state index contributed by atoms with van der Waals surface area (Å²) < 4.78 is 1.60. The number of nitrogens with zero attached hydrogens (tertiary/aromatic N) is 3. The van der Waals surface area contributed by atoms with Crippen LogP contribution in [0.2, 0.25) is 0 Å². The smallest absolute Gasteiger partial charge is 0.337 e. The van der Waals surface area contributed by atoms with Gasteiger partial charge in [-0.15, -0.1) is 10.2 Å². The maximum Gasteiger partial charge on any atom is 0.337 e. The Kier molecular flexibility index (Phi) is 1.51. The van der Waals surface area contributed by atoms with Gasteiger partial charge in [0.05, 0.1) is 5.56 Å². The third-order valence-corrected chi connectivity index (χ3v) is 1.82. The van der Waals surface area contributed by atoms with Gasteiger partial charge in [0.15, 0.2) is 5.65 Å². The summed E-state index contributed by atoms with van der Waals surface area (Å²) >= 11 is 0. The molecule has 0 aliphatic heterocycles. The van der Waals surface area contributed by atoms with Gasteiger partial charge in [-0.05, 0) is 18.6 Å². The van der Waals surface area contributed by atoms with E-state index in [2.05, 4.69) is 10.2 Å². The van der Waals surface area contributed by atoms with Crippen LogP contribution >= 0.6 is 0 Å². The molecule has 0 saturated heterocycles. The molecular weight excluding hydrogens is 170 g/mol. The Morgan fingerprint density at radius 1 is 1.62 bits per heavy atom. The molecule has 0 saturated carbocycles. The zero-order chi connectivity index (χ0) is 9.42. The predicted octanol–water partition coefficient (Wildman–Crippen LogP) is 0.736. The lowest BCUT2D eigenvalue weighted by molar-refractivity contribution is 0.0696. The zero-order valence-corrected chi connectivity index (χ0v) is 6.93. The number of aromatic nitrogens is 3. The SMILES string of the molecule is Cc1cc(C(=O)O)cn2cnnc12. The van der Waals surface area contributed by atoms with Crippen molar-refractivity contribution in [2.24, 2.45) is 0 Å². The van der Waals surface area contributed by atoms with Crippen LogP contribution in [0.25, 0.3) is 5.65 Å². The van der Waals surface area contributed by atoms with Crippen LogP contribution in [0.3, 0.4) is 0 Å². The first kappa shape index (κ1) is 7.72. The van der Waals surface area contributed by atoms with E-state index in [0.717, 1.165) is 5.56 Å². The minimum absolute atomic E-state index is 0.241. The molecule has 2 aromatic rings. The van der Waals surface area contributed by atoms with Crippen molar-refractivity contribution in [3.8, 4) is 0 Å². The standard InChI is InChI=1S/C8H7N3O2/c1-5-2-6(8(12)13)3-11-4-9-10-7(5)11/h2-4H,1H3,(H,12,13). The van der Waals surface area contributed by atoms with Crippen molar-refractivity contribution >= 4 is 11.6 Å². The number of hydrogen-bond acceptors (Lipinski definition) is 3. The van der Waals surface area contributed by atoms with E-state index >= 15 is 0 Å². The van der Waals surface area contributed by atoms with Gasteiger partial charge in [0.25, 0.3) is 0 Å². The summed E-state index contributed by atoms with van der Waals surface area (Å²) in [4.78, 5) is 10.7. The minimum Gasteiger partial charge on any atom is -0.478 e. The monoisotopic (exact) mass is 177 g/mol. The summed E-state index contributed by atoms with van der Waals surface area (Å²) in [6.45, 7) is 1.80. The summed E-state index contributed by atoms with van der Waals surface area (Å²) in [5.41, 5.74) is 1.73. The molecule has 0 bridgehead atoms. The zero-order valence-electron chi connectivity index (χ0n) is 6.93. The van der Waals surface area contributed by atoms with Crippen molar-refractivity contribution < 1.29 is 9.90 Å². The molecule has 0 atom stereocenters. The predicted molar refractivity (Wildman–Crippen MR) is 44.7 cm³/mol. The average Bonchev–Trinajstić information content (AvgIpc) is 2.51. The van der Waals surface area contributed by atoms with Crippen LogP contribution in [-0.4, -0.2) is 25.7 Å². The molecular formula is C8H7N3O2. The number of rotatable bonds is 1.